The highest BCUT2D eigenvalue weighted by Crippen LogP contribution is 2.15. The van der Waals surface area contributed by atoms with Crippen molar-refractivity contribution in [2.45, 2.75) is 12.6 Å². The van der Waals surface area contributed by atoms with E-state index in [0.717, 1.165) is 11.3 Å². The lowest BCUT2D eigenvalue weighted by atomic mass is 10.2. The topological polar surface area (TPSA) is 45.1 Å². The molecule has 0 spiro atoms. The molecule has 1 atom stereocenters. The van der Waals surface area contributed by atoms with E-state index in [9.17, 15) is 5.11 Å². The van der Waals surface area contributed by atoms with Crippen molar-refractivity contribution in [2.75, 3.05) is 6.54 Å². The van der Waals surface area contributed by atoms with Gasteiger partial charge in [0.2, 0.25) is 0 Å². The van der Waals surface area contributed by atoms with Crippen molar-refractivity contribution in [3.63, 3.8) is 0 Å². The van der Waals surface area contributed by atoms with Crippen LogP contribution in [0.2, 0.25) is 0 Å². The van der Waals surface area contributed by atoms with Crippen LogP contribution in [0.4, 0.5) is 0 Å². The van der Waals surface area contributed by atoms with Crippen molar-refractivity contribution < 1.29 is 5.11 Å². The fourth-order valence-electron chi connectivity index (χ4n) is 1.24. The minimum atomic E-state index is -0.421. The van der Waals surface area contributed by atoms with Crippen molar-refractivity contribution in [1.82, 2.24) is 10.3 Å². The Labute approximate surface area is 96.4 Å². The first-order valence-electron chi connectivity index (χ1n) is 4.64. The van der Waals surface area contributed by atoms with E-state index in [-0.39, 0.29) is 0 Å². The number of aliphatic hydroxyl groups excluding tert-OH is 1. The van der Waals surface area contributed by atoms with Gasteiger partial charge in [0.25, 0.3) is 0 Å². The van der Waals surface area contributed by atoms with Crippen LogP contribution in [0.25, 0.3) is 0 Å². The molecule has 2 heterocycles. The molecule has 15 heavy (non-hydrogen) atoms. The first kappa shape index (κ1) is 10.8. The lowest BCUT2D eigenvalue weighted by molar-refractivity contribution is 0.174. The summed E-state index contributed by atoms with van der Waals surface area (Å²) in [5.41, 5.74) is 3.81. The number of hydrogen-bond donors (Lipinski definition) is 2. The second-order valence-electron chi connectivity index (χ2n) is 3.18. The van der Waals surface area contributed by atoms with Gasteiger partial charge in [0.05, 0.1) is 17.3 Å². The zero-order valence-corrected chi connectivity index (χ0v) is 9.72. The van der Waals surface area contributed by atoms with E-state index in [1.165, 1.54) is 0 Å². The van der Waals surface area contributed by atoms with E-state index in [0.29, 0.717) is 13.1 Å². The molecule has 0 saturated heterocycles. The molecule has 0 bridgehead atoms. The van der Waals surface area contributed by atoms with Gasteiger partial charge in [0.1, 0.15) is 0 Å². The van der Waals surface area contributed by atoms with Crippen LogP contribution in [0, 0.1) is 0 Å². The zero-order valence-electron chi connectivity index (χ0n) is 8.09. The predicted molar refractivity (Wildman–Crippen MR) is 63.1 cm³/mol. The number of nitrogens with zero attached hydrogens (tertiary/aromatic N) is 1. The van der Waals surface area contributed by atoms with Gasteiger partial charge < -0.3 is 10.4 Å². The Hall–Kier alpha value is -0.750. The molecular formula is C10H12N2OS2. The van der Waals surface area contributed by atoms with E-state index in [2.05, 4.69) is 10.3 Å². The second-order valence-corrected chi connectivity index (χ2v) is 4.68. The summed E-state index contributed by atoms with van der Waals surface area (Å²) in [6, 6.07) is 1.94. The average Bonchev–Trinajstić information content (AvgIpc) is 2.90. The quantitative estimate of drug-likeness (QED) is 0.840. The SMILES string of the molecule is OC(CNCc1cscn1)c1ccsc1. The monoisotopic (exact) mass is 240 g/mol. The number of aromatic nitrogens is 1. The van der Waals surface area contributed by atoms with Crippen molar-refractivity contribution >= 4 is 22.7 Å². The summed E-state index contributed by atoms with van der Waals surface area (Å²) < 4.78 is 0. The second kappa shape index (κ2) is 5.37. The van der Waals surface area contributed by atoms with Gasteiger partial charge in [-0.05, 0) is 22.4 Å². The number of aliphatic hydroxyl groups is 1. The van der Waals surface area contributed by atoms with Crippen LogP contribution in [-0.2, 0) is 6.54 Å². The highest BCUT2D eigenvalue weighted by molar-refractivity contribution is 7.08. The van der Waals surface area contributed by atoms with Crippen LogP contribution < -0.4 is 5.32 Å². The molecule has 5 heteroatoms. The highest BCUT2D eigenvalue weighted by Gasteiger charge is 2.06. The first-order valence-corrected chi connectivity index (χ1v) is 6.53. The van der Waals surface area contributed by atoms with Gasteiger partial charge in [-0.3, -0.25) is 0 Å². The standard InChI is InChI=1S/C10H12N2OS2/c13-10(8-1-2-14-5-8)4-11-3-9-6-15-7-12-9/h1-2,5-7,10-11,13H,3-4H2. The van der Waals surface area contributed by atoms with Crippen LogP contribution >= 0.6 is 22.7 Å². The maximum absolute atomic E-state index is 9.76. The van der Waals surface area contributed by atoms with E-state index < -0.39 is 6.10 Å². The van der Waals surface area contributed by atoms with Gasteiger partial charge in [-0.1, -0.05) is 0 Å². The molecule has 0 aliphatic heterocycles. The maximum atomic E-state index is 9.76. The Morgan fingerprint density at radius 3 is 3.00 bits per heavy atom. The third kappa shape index (κ3) is 3.10. The molecule has 0 aromatic carbocycles. The van der Waals surface area contributed by atoms with Crippen molar-refractivity contribution in [2.24, 2.45) is 0 Å². The number of thiazole rings is 1. The highest BCUT2D eigenvalue weighted by atomic mass is 32.1. The number of rotatable bonds is 5. The minimum Gasteiger partial charge on any atom is -0.387 e. The summed E-state index contributed by atoms with van der Waals surface area (Å²) in [6.45, 7) is 1.28. The fraction of sp³-hybridized carbons (Fsp3) is 0.300. The number of hydrogen-bond acceptors (Lipinski definition) is 5. The van der Waals surface area contributed by atoms with Gasteiger partial charge in [0.15, 0.2) is 0 Å². The molecule has 2 N–H and O–H groups in total. The summed E-state index contributed by atoms with van der Waals surface area (Å²) >= 11 is 3.18. The van der Waals surface area contributed by atoms with E-state index in [4.69, 9.17) is 0 Å². The lowest BCUT2D eigenvalue weighted by Crippen LogP contribution is -2.20. The van der Waals surface area contributed by atoms with Crippen LogP contribution in [-0.4, -0.2) is 16.6 Å². The van der Waals surface area contributed by atoms with Gasteiger partial charge in [-0.25, -0.2) is 4.98 Å². The smallest absolute Gasteiger partial charge is 0.0922 e. The molecule has 2 rings (SSSR count). The van der Waals surface area contributed by atoms with Crippen LogP contribution in [0.15, 0.2) is 27.7 Å². The Kier molecular flexibility index (Phi) is 3.85. The normalized spacial score (nSPS) is 12.9. The maximum Gasteiger partial charge on any atom is 0.0922 e. The molecule has 2 aromatic rings. The molecule has 0 aliphatic carbocycles. The third-order valence-electron chi connectivity index (χ3n) is 2.06. The number of nitrogens with one attached hydrogen (secondary N) is 1. The Morgan fingerprint density at radius 1 is 1.40 bits per heavy atom. The van der Waals surface area contributed by atoms with E-state index in [1.807, 2.05) is 27.7 Å². The molecule has 0 aliphatic rings. The number of thiophene rings is 1. The zero-order chi connectivity index (χ0) is 10.5. The van der Waals surface area contributed by atoms with Crippen molar-refractivity contribution in [3.8, 4) is 0 Å². The Bertz CT molecular complexity index is 372. The largest absolute Gasteiger partial charge is 0.387 e. The molecule has 0 saturated carbocycles. The summed E-state index contributed by atoms with van der Waals surface area (Å²) in [7, 11) is 0. The third-order valence-corrected chi connectivity index (χ3v) is 3.39. The van der Waals surface area contributed by atoms with Crippen LogP contribution in [0.3, 0.4) is 0 Å². The predicted octanol–water partition coefficient (Wildman–Crippen LogP) is 2.03. The molecule has 0 fully saturated rings. The molecule has 3 nitrogen and oxygen atoms in total. The fourth-order valence-corrected chi connectivity index (χ4v) is 2.51. The van der Waals surface area contributed by atoms with Crippen LogP contribution in [0.5, 0.6) is 0 Å². The Morgan fingerprint density at radius 2 is 2.33 bits per heavy atom. The van der Waals surface area contributed by atoms with E-state index in [1.54, 1.807) is 22.7 Å². The minimum absolute atomic E-state index is 0.421. The first-order chi connectivity index (χ1) is 7.36. The van der Waals surface area contributed by atoms with Gasteiger partial charge in [-0.15, -0.1) is 11.3 Å². The lowest BCUT2D eigenvalue weighted by Gasteiger charge is -2.09. The summed E-state index contributed by atoms with van der Waals surface area (Å²) in [6.07, 6.45) is -0.421. The summed E-state index contributed by atoms with van der Waals surface area (Å²) in [4.78, 5) is 4.15. The van der Waals surface area contributed by atoms with Gasteiger partial charge in [0, 0.05) is 18.5 Å². The van der Waals surface area contributed by atoms with Crippen molar-refractivity contribution in [3.05, 3.63) is 39.0 Å². The average molecular weight is 240 g/mol. The molecule has 1 unspecified atom stereocenters. The molecule has 80 valence electrons. The summed E-state index contributed by atoms with van der Waals surface area (Å²) in [5.74, 6) is 0. The summed E-state index contributed by atoms with van der Waals surface area (Å²) in [5, 5.41) is 18.9. The van der Waals surface area contributed by atoms with Gasteiger partial charge in [-0.2, -0.15) is 11.3 Å². The van der Waals surface area contributed by atoms with Gasteiger partial charge >= 0.3 is 0 Å². The molecular weight excluding hydrogens is 228 g/mol. The molecule has 2 aromatic heterocycles. The molecule has 0 amide bonds. The molecule has 0 radical (unpaired) electrons. The Balaban J connectivity index is 1.74. The van der Waals surface area contributed by atoms with E-state index >= 15 is 0 Å². The van der Waals surface area contributed by atoms with Crippen molar-refractivity contribution in [1.29, 1.82) is 0 Å². The van der Waals surface area contributed by atoms with Crippen LogP contribution in [0.1, 0.15) is 17.4 Å².